The maximum Gasteiger partial charge on any atom is 0.352 e. The number of esters is 1. The van der Waals surface area contributed by atoms with Crippen LogP contribution in [-0.4, -0.2) is 68.3 Å². The van der Waals surface area contributed by atoms with Crippen molar-refractivity contribution in [3.63, 3.8) is 0 Å². The first-order valence-corrected chi connectivity index (χ1v) is 8.76. The van der Waals surface area contributed by atoms with E-state index in [-0.39, 0.29) is 30.9 Å². The van der Waals surface area contributed by atoms with E-state index in [0.717, 1.165) is 9.80 Å². The lowest BCUT2D eigenvalue weighted by atomic mass is 9.98. The Balaban J connectivity index is 1.86. The number of likely N-dealkylation sites (tertiary alicyclic amines) is 1. The maximum absolute atomic E-state index is 12.5. The van der Waals surface area contributed by atoms with Gasteiger partial charge >= 0.3 is 11.9 Å². The SMILES string of the molecule is CC(=O)OCC1=C(C(=O)O)N2C(=O)[C@@H](N3C(=O)CCCC3=O)[C@H]2SC1. The molecule has 3 rings (SSSR count). The molecule has 0 spiro atoms. The maximum atomic E-state index is 12.5. The van der Waals surface area contributed by atoms with E-state index in [4.69, 9.17) is 4.74 Å². The van der Waals surface area contributed by atoms with Crippen molar-refractivity contribution in [1.82, 2.24) is 9.80 Å². The summed E-state index contributed by atoms with van der Waals surface area (Å²) in [7, 11) is 0. The highest BCUT2D eigenvalue weighted by Gasteiger charge is 2.58. The first-order chi connectivity index (χ1) is 11.8. The third kappa shape index (κ3) is 2.90. The number of carboxylic acids is 1. The van der Waals surface area contributed by atoms with Crippen molar-refractivity contribution in [2.45, 2.75) is 37.6 Å². The smallest absolute Gasteiger partial charge is 0.352 e. The average molecular weight is 368 g/mol. The minimum Gasteiger partial charge on any atom is -0.477 e. The van der Waals surface area contributed by atoms with Crippen molar-refractivity contribution >= 4 is 41.4 Å². The van der Waals surface area contributed by atoms with Gasteiger partial charge in [-0.2, -0.15) is 0 Å². The molecule has 3 amide bonds. The number of fused-ring (bicyclic) bond motifs is 1. The lowest BCUT2D eigenvalue weighted by Crippen LogP contribution is -2.72. The second-order valence-corrected chi connectivity index (χ2v) is 7.01. The van der Waals surface area contributed by atoms with Gasteiger partial charge in [0.15, 0.2) is 0 Å². The molecule has 0 bridgehead atoms. The fraction of sp³-hybridized carbons (Fsp3) is 0.533. The zero-order valence-electron chi connectivity index (χ0n) is 13.4. The van der Waals surface area contributed by atoms with Gasteiger partial charge < -0.3 is 9.84 Å². The number of ether oxygens (including phenoxy) is 1. The minimum absolute atomic E-state index is 0.201. The number of nitrogens with zero attached hydrogens (tertiary/aromatic N) is 2. The average Bonchev–Trinajstić information content (AvgIpc) is 2.55. The first kappa shape index (κ1) is 17.5. The molecular weight excluding hydrogens is 352 g/mol. The van der Waals surface area contributed by atoms with Gasteiger partial charge in [-0.1, -0.05) is 0 Å². The fourth-order valence-electron chi connectivity index (χ4n) is 3.15. The molecule has 25 heavy (non-hydrogen) atoms. The van der Waals surface area contributed by atoms with Crippen LogP contribution < -0.4 is 0 Å². The van der Waals surface area contributed by atoms with E-state index in [0.29, 0.717) is 12.0 Å². The van der Waals surface area contributed by atoms with Gasteiger partial charge in [0.25, 0.3) is 5.91 Å². The molecule has 10 heteroatoms. The number of aliphatic carboxylic acids is 1. The zero-order chi connectivity index (χ0) is 18.3. The molecule has 0 aromatic heterocycles. The first-order valence-electron chi connectivity index (χ1n) is 7.71. The van der Waals surface area contributed by atoms with E-state index >= 15 is 0 Å². The number of rotatable bonds is 4. The van der Waals surface area contributed by atoms with Crippen LogP contribution in [0.25, 0.3) is 0 Å². The van der Waals surface area contributed by atoms with Crippen molar-refractivity contribution in [2.75, 3.05) is 12.4 Å². The number of amides is 3. The van der Waals surface area contributed by atoms with Crippen LogP contribution in [0.4, 0.5) is 0 Å². The summed E-state index contributed by atoms with van der Waals surface area (Å²) in [5, 5.41) is 8.85. The lowest BCUT2D eigenvalue weighted by Gasteiger charge is -2.52. The number of carboxylic acid groups (broad SMARTS) is 1. The fourth-order valence-corrected chi connectivity index (χ4v) is 4.52. The summed E-state index contributed by atoms with van der Waals surface area (Å²) >= 11 is 1.25. The molecule has 2 fully saturated rings. The van der Waals surface area contributed by atoms with Crippen molar-refractivity contribution in [3.8, 4) is 0 Å². The molecule has 0 saturated carbocycles. The molecule has 0 aliphatic carbocycles. The van der Waals surface area contributed by atoms with Crippen LogP contribution in [0.1, 0.15) is 26.2 Å². The van der Waals surface area contributed by atoms with Gasteiger partial charge in [0.1, 0.15) is 23.7 Å². The molecule has 0 aromatic rings. The molecule has 3 aliphatic heterocycles. The summed E-state index contributed by atoms with van der Waals surface area (Å²) in [6, 6.07) is -0.963. The summed E-state index contributed by atoms with van der Waals surface area (Å²) in [5.41, 5.74) is 0.0789. The van der Waals surface area contributed by atoms with E-state index in [1.807, 2.05) is 0 Å². The van der Waals surface area contributed by atoms with Crippen LogP contribution in [0.15, 0.2) is 11.3 Å². The Hall–Kier alpha value is -2.36. The normalized spacial score (nSPS) is 26.4. The van der Waals surface area contributed by atoms with Crippen LogP contribution in [-0.2, 0) is 28.7 Å². The number of hydrogen-bond acceptors (Lipinski definition) is 7. The highest BCUT2D eigenvalue weighted by atomic mass is 32.2. The van der Waals surface area contributed by atoms with Gasteiger partial charge in [-0.15, -0.1) is 11.8 Å². The Morgan fingerprint density at radius 1 is 1.20 bits per heavy atom. The second-order valence-electron chi connectivity index (χ2n) is 5.90. The number of β-lactam (4-membered cyclic amide) rings is 1. The van der Waals surface area contributed by atoms with E-state index < -0.39 is 41.1 Å². The van der Waals surface area contributed by atoms with E-state index in [1.165, 1.54) is 18.7 Å². The molecule has 3 heterocycles. The molecule has 1 N–H and O–H groups in total. The molecule has 9 nitrogen and oxygen atoms in total. The molecule has 2 atom stereocenters. The summed E-state index contributed by atoms with van der Waals surface area (Å²) in [5.74, 6) is -3.03. The summed E-state index contributed by atoms with van der Waals surface area (Å²) in [6.07, 6.45) is 0.863. The molecule has 0 unspecified atom stereocenters. The number of carbonyl (C=O) groups excluding carboxylic acids is 4. The molecule has 0 radical (unpaired) electrons. The minimum atomic E-state index is -1.31. The summed E-state index contributed by atoms with van der Waals surface area (Å²) in [4.78, 5) is 61.3. The van der Waals surface area contributed by atoms with Gasteiger partial charge in [0.2, 0.25) is 11.8 Å². The Kier molecular flexibility index (Phi) is 4.55. The number of imide groups is 1. The number of piperidine rings is 1. The Morgan fingerprint density at radius 2 is 1.84 bits per heavy atom. The van der Waals surface area contributed by atoms with E-state index in [2.05, 4.69) is 0 Å². The molecule has 3 aliphatic rings. The predicted octanol–water partition coefficient (Wildman–Crippen LogP) is -0.289. The summed E-state index contributed by atoms with van der Waals surface area (Å²) in [6.45, 7) is 0.991. The van der Waals surface area contributed by atoms with Crippen molar-refractivity contribution in [3.05, 3.63) is 11.3 Å². The van der Waals surface area contributed by atoms with E-state index in [1.54, 1.807) is 0 Å². The van der Waals surface area contributed by atoms with Crippen LogP contribution in [0.3, 0.4) is 0 Å². The van der Waals surface area contributed by atoms with Crippen LogP contribution in [0.5, 0.6) is 0 Å². The third-order valence-corrected chi connectivity index (χ3v) is 5.59. The number of carbonyl (C=O) groups is 5. The highest BCUT2D eigenvalue weighted by Crippen LogP contribution is 2.43. The van der Waals surface area contributed by atoms with Gasteiger partial charge in [0.05, 0.1) is 0 Å². The molecule has 0 aromatic carbocycles. The lowest BCUT2D eigenvalue weighted by molar-refractivity contribution is -0.167. The number of hydrogen-bond donors (Lipinski definition) is 1. The van der Waals surface area contributed by atoms with Crippen molar-refractivity contribution in [2.24, 2.45) is 0 Å². The Bertz CT molecular complexity index is 701. The van der Waals surface area contributed by atoms with Crippen LogP contribution in [0, 0.1) is 0 Å². The van der Waals surface area contributed by atoms with Gasteiger partial charge in [-0.25, -0.2) is 4.79 Å². The zero-order valence-corrected chi connectivity index (χ0v) is 14.2. The topological polar surface area (TPSA) is 121 Å². The predicted molar refractivity (Wildman–Crippen MR) is 83.9 cm³/mol. The largest absolute Gasteiger partial charge is 0.477 e. The van der Waals surface area contributed by atoms with Gasteiger partial charge in [0, 0.05) is 31.1 Å². The standard InChI is InChI=1S/C15H16N2O7S/c1-7(18)24-5-8-6-25-14-12(13(21)17(14)11(8)15(22)23)16-9(19)3-2-4-10(16)20/h12,14H,2-6H2,1H3,(H,22,23)/t12-,14-/m1/s1. The quantitative estimate of drug-likeness (QED) is 0.408. The van der Waals surface area contributed by atoms with Gasteiger partial charge in [-0.05, 0) is 6.42 Å². The van der Waals surface area contributed by atoms with Crippen molar-refractivity contribution < 1.29 is 33.8 Å². The van der Waals surface area contributed by atoms with Crippen LogP contribution in [0.2, 0.25) is 0 Å². The highest BCUT2D eigenvalue weighted by molar-refractivity contribution is 8.00. The molecule has 134 valence electrons. The van der Waals surface area contributed by atoms with Gasteiger partial charge in [-0.3, -0.25) is 29.0 Å². The molecular formula is C15H16N2O7S. The Morgan fingerprint density at radius 3 is 2.40 bits per heavy atom. The Labute approximate surface area is 146 Å². The second kappa shape index (κ2) is 6.51. The molecule has 2 saturated heterocycles. The summed E-state index contributed by atoms with van der Waals surface area (Å²) < 4.78 is 4.85. The third-order valence-electron chi connectivity index (χ3n) is 4.27. The monoisotopic (exact) mass is 368 g/mol. The van der Waals surface area contributed by atoms with E-state index in [9.17, 15) is 29.1 Å². The van der Waals surface area contributed by atoms with Crippen LogP contribution >= 0.6 is 11.8 Å². The van der Waals surface area contributed by atoms with Crippen molar-refractivity contribution in [1.29, 1.82) is 0 Å². The number of thioether (sulfide) groups is 1.